The van der Waals surface area contributed by atoms with Gasteiger partial charge in [0.05, 0.1) is 0 Å². The molecule has 0 bridgehead atoms. The Morgan fingerprint density at radius 3 is 2.60 bits per heavy atom. The van der Waals surface area contributed by atoms with Gasteiger partial charge in [-0.05, 0) is 31.1 Å². The third kappa shape index (κ3) is 3.82. The van der Waals surface area contributed by atoms with Crippen LogP contribution >= 0.6 is 0 Å². The van der Waals surface area contributed by atoms with Crippen LogP contribution in [-0.4, -0.2) is 30.2 Å². The molecule has 0 radical (unpaired) electrons. The van der Waals surface area contributed by atoms with Crippen LogP contribution in [0.5, 0.6) is 0 Å². The molecule has 1 aliphatic carbocycles. The number of hydrogen-bond donors (Lipinski definition) is 2. The molecule has 20 heavy (non-hydrogen) atoms. The molecule has 1 aliphatic rings. The predicted molar refractivity (Wildman–Crippen MR) is 81.9 cm³/mol. The van der Waals surface area contributed by atoms with Gasteiger partial charge in [0.2, 0.25) is 0 Å². The van der Waals surface area contributed by atoms with Gasteiger partial charge in [-0.3, -0.25) is 0 Å². The fourth-order valence-electron chi connectivity index (χ4n) is 2.78. The van der Waals surface area contributed by atoms with Gasteiger partial charge in [0.1, 0.15) is 18.2 Å². The van der Waals surface area contributed by atoms with Gasteiger partial charge >= 0.3 is 0 Å². The minimum Gasteiger partial charge on any atom is -0.377 e. The van der Waals surface area contributed by atoms with E-state index in [1.807, 2.05) is 13.1 Å². The molecule has 0 aliphatic heterocycles. The predicted octanol–water partition coefficient (Wildman–Crippen LogP) is 2.90. The van der Waals surface area contributed by atoms with E-state index < -0.39 is 0 Å². The molecular formula is C15H26N4O. The Balaban J connectivity index is 2.06. The lowest BCUT2D eigenvalue weighted by molar-refractivity contribution is 0.178. The number of aromatic nitrogens is 2. The Labute approximate surface area is 121 Å². The third-order valence-electron chi connectivity index (χ3n) is 4.25. The first-order chi connectivity index (χ1) is 9.62. The highest BCUT2D eigenvalue weighted by molar-refractivity contribution is 5.47. The summed E-state index contributed by atoms with van der Waals surface area (Å²) in [6.07, 6.45) is 3.71. The number of methoxy groups -OCH3 is 1. The summed E-state index contributed by atoms with van der Waals surface area (Å²) in [4.78, 5) is 8.90. The number of hydrogen-bond acceptors (Lipinski definition) is 5. The molecule has 1 aromatic heterocycles. The van der Waals surface area contributed by atoms with Crippen molar-refractivity contribution in [2.24, 2.45) is 11.8 Å². The van der Waals surface area contributed by atoms with E-state index in [0.29, 0.717) is 18.5 Å². The van der Waals surface area contributed by atoms with Crippen LogP contribution in [-0.2, 0) is 11.3 Å². The van der Waals surface area contributed by atoms with Crippen molar-refractivity contribution >= 4 is 11.6 Å². The van der Waals surface area contributed by atoms with Crippen molar-refractivity contribution in [2.45, 2.75) is 45.8 Å². The highest BCUT2D eigenvalue weighted by atomic mass is 16.5. The first-order valence-electron chi connectivity index (χ1n) is 7.43. The van der Waals surface area contributed by atoms with Crippen LogP contribution in [0.25, 0.3) is 0 Å². The minimum absolute atomic E-state index is 0.433. The van der Waals surface area contributed by atoms with Gasteiger partial charge in [-0.2, -0.15) is 0 Å². The first-order valence-corrected chi connectivity index (χ1v) is 7.43. The summed E-state index contributed by atoms with van der Waals surface area (Å²) in [5, 5.41) is 6.63. The standard InChI is InChI=1S/C15H26N4O/c1-10-5-6-12(7-11(10)2)17-14-8-13(16-3)18-15(19-14)9-20-4/h8,10-12H,5-7,9H2,1-4H3,(H2,16,17,18,19). The van der Waals surface area contributed by atoms with Crippen LogP contribution < -0.4 is 10.6 Å². The maximum atomic E-state index is 5.12. The van der Waals surface area contributed by atoms with Crippen molar-refractivity contribution in [3.8, 4) is 0 Å². The number of ether oxygens (including phenoxy) is 1. The van der Waals surface area contributed by atoms with Crippen LogP contribution in [0.3, 0.4) is 0 Å². The maximum absolute atomic E-state index is 5.12. The molecule has 2 rings (SSSR count). The first kappa shape index (κ1) is 15.0. The van der Waals surface area contributed by atoms with Gasteiger partial charge in [-0.25, -0.2) is 9.97 Å². The quantitative estimate of drug-likeness (QED) is 0.867. The van der Waals surface area contributed by atoms with Gasteiger partial charge in [0, 0.05) is 26.3 Å². The summed E-state index contributed by atoms with van der Waals surface area (Å²) >= 11 is 0. The van der Waals surface area contributed by atoms with Crippen LogP contribution in [0.4, 0.5) is 11.6 Å². The summed E-state index contributed by atoms with van der Waals surface area (Å²) in [5.74, 6) is 4.02. The number of nitrogens with one attached hydrogen (secondary N) is 2. The zero-order chi connectivity index (χ0) is 14.5. The highest BCUT2D eigenvalue weighted by Crippen LogP contribution is 2.31. The highest BCUT2D eigenvalue weighted by Gasteiger charge is 2.24. The smallest absolute Gasteiger partial charge is 0.158 e. The molecule has 0 amide bonds. The Kier molecular flexibility index (Phi) is 5.17. The molecule has 0 saturated heterocycles. The average Bonchev–Trinajstić information content (AvgIpc) is 2.43. The molecule has 2 N–H and O–H groups in total. The Morgan fingerprint density at radius 2 is 1.95 bits per heavy atom. The molecule has 1 fully saturated rings. The summed E-state index contributed by atoms with van der Waals surface area (Å²) < 4.78 is 5.12. The summed E-state index contributed by atoms with van der Waals surface area (Å²) in [6.45, 7) is 5.12. The van der Waals surface area contributed by atoms with E-state index in [4.69, 9.17) is 4.74 Å². The van der Waals surface area contributed by atoms with Gasteiger partial charge in [0.15, 0.2) is 5.82 Å². The zero-order valence-electron chi connectivity index (χ0n) is 12.9. The van der Waals surface area contributed by atoms with Crippen molar-refractivity contribution in [1.82, 2.24) is 9.97 Å². The van der Waals surface area contributed by atoms with E-state index in [1.165, 1.54) is 19.3 Å². The zero-order valence-corrected chi connectivity index (χ0v) is 12.9. The average molecular weight is 278 g/mol. The lowest BCUT2D eigenvalue weighted by Gasteiger charge is -2.32. The Bertz CT molecular complexity index is 438. The molecule has 3 unspecified atom stereocenters. The van der Waals surface area contributed by atoms with Crippen LogP contribution in [0.1, 0.15) is 38.9 Å². The van der Waals surface area contributed by atoms with Crippen molar-refractivity contribution in [1.29, 1.82) is 0 Å². The molecule has 1 heterocycles. The molecule has 1 aromatic rings. The Morgan fingerprint density at radius 1 is 1.20 bits per heavy atom. The fraction of sp³-hybridized carbons (Fsp3) is 0.733. The van der Waals surface area contributed by atoms with Crippen molar-refractivity contribution < 1.29 is 4.74 Å². The largest absolute Gasteiger partial charge is 0.377 e. The van der Waals surface area contributed by atoms with Crippen molar-refractivity contribution in [3.05, 3.63) is 11.9 Å². The van der Waals surface area contributed by atoms with Crippen LogP contribution in [0.2, 0.25) is 0 Å². The van der Waals surface area contributed by atoms with E-state index in [1.54, 1.807) is 7.11 Å². The minimum atomic E-state index is 0.433. The van der Waals surface area contributed by atoms with Gasteiger partial charge < -0.3 is 15.4 Å². The topological polar surface area (TPSA) is 59.1 Å². The monoisotopic (exact) mass is 278 g/mol. The second-order valence-electron chi connectivity index (χ2n) is 5.85. The second kappa shape index (κ2) is 6.88. The van der Waals surface area contributed by atoms with Crippen molar-refractivity contribution in [3.63, 3.8) is 0 Å². The maximum Gasteiger partial charge on any atom is 0.158 e. The second-order valence-corrected chi connectivity index (χ2v) is 5.85. The lowest BCUT2D eigenvalue weighted by Crippen LogP contribution is -2.30. The summed E-state index contributed by atoms with van der Waals surface area (Å²) in [5.41, 5.74) is 0. The molecular weight excluding hydrogens is 252 g/mol. The number of rotatable bonds is 5. The van der Waals surface area contributed by atoms with E-state index in [2.05, 4.69) is 34.4 Å². The summed E-state index contributed by atoms with van der Waals surface area (Å²) in [6, 6.07) is 2.47. The van der Waals surface area contributed by atoms with Gasteiger partial charge in [-0.15, -0.1) is 0 Å². The molecule has 3 atom stereocenters. The molecule has 0 spiro atoms. The van der Waals surface area contributed by atoms with E-state index in [-0.39, 0.29) is 0 Å². The third-order valence-corrected chi connectivity index (χ3v) is 4.25. The van der Waals surface area contributed by atoms with Crippen molar-refractivity contribution in [2.75, 3.05) is 24.8 Å². The number of anilines is 2. The fourth-order valence-corrected chi connectivity index (χ4v) is 2.78. The van der Waals surface area contributed by atoms with Crippen LogP contribution in [0.15, 0.2) is 6.07 Å². The summed E-state index contributed by atoms with van der Waals surface area (Å²) in [7, 11) is 3.53. The van der Waals surface area contributed by atoms with Gasteiger partial charge in [-0.1, -0.05) is 13.8 Å². The number of nitrogens with zero attached hydrogens (tertiary/aromatic N) is 2. The van der Waals surface area contributed by atoms with E-state index in [0.717, 1.165) is 23.5 Å². The molecule has 112 valence electrons. The molecule has 1 saturated carbocycles. The Hall–Kier alpha value is -1.36. The van der Waals surface area contributed by atoms with E-state index in [9.17, 15) is 0 Å². The molecule has 0 aromatic carbocycles. The molecule has 5 nitrogen and oxygen atoms in total. The van der Waals surface area contributed by atoms with Gasteiger partial charge in [0.25, 0.3) is 0 Å². The SMILES string of the molecule is CNc1cc(NC2CCC(C)C(C)C2)nc(COC)n1. The molecule has 5 heteroatoms. The van der Waals surface area contributed by atoms with E-state index >= 15 is 0 Å². The van der Waals surface area contributed by atoms with Crippen LogP contribution in [0, 0.1) is 11.8 Å². The normalized spacial score (nSPS) is 26.3. The lowest BCUT2D eigenvalue weighted by atomic mass is 9.79.